The van der Waals surface area contributed by atoms with Crippen LogP contribution in [-0.2, 0) is 23.4 Å². The van der Waals surface area contributed by atoms with E-state index in [-0.39, 0.29) is 13.2 Å². The number of hydrogen-bond donors (Lipinski definition) is 0. The zero-order valence-corrected chi connectivity index (χ0v) is 8.89. The van der Waals surface area contributed by atoms with E-state index in [0.29, 0.717) is 0 Å². The van der Waals surface area contributed by atoms with Crippen molar-refractivity contribution in [3.05, 3.63) is 0 Å². The third-order valence-corrected chi connectivity index (χ3v) is 4.46. The molecule has 0 saturated heterocycles. The summed E-state index contributed by atoms with van der Waals surface area (Å²) in [5.41, 5.74) is -0.528. The van der Waals surface area contributed by atoms with Crippen molar-refractivity contribution < 1.29 is 21.7 Å². The topological polar surface area (TPSA) is 69.7 Å². The molecule has 0 N–H and O–H groups in total. The summed E-state index contributed by atoms with van der Waals surface area (Å²) in [5.74, 6) is 0. The quantitative estimate of drug-likeness (QED) is 0.485. The van der Waals surface area contributed by atoms with Gasteiger partial charge in [-0.05, 0) is 13.8 Å². The van der Waals surface area contributed by atoms with E-state index < -0.39 is 23.6 Å². The smallest absolute Gasteiger partial charge is 0.276 e. The Morgan fingerprint density at radius 3 is 2.25 bits per heavy atom. The predicted molar refractivity (Wildman–Crippen MR) is 46.0 cm³/mol. The van der Waals surface area contributed by atoms with Crippen LogP contribution < -0.4 is 0 Å². The Kier molecular flexibility index (Phi) is 5.74. The normalized spacial score (nSPS) is 14.5. The average Bonchev–Trinajstić information content (AvgIpc) is 1.85. The molecule has 0 heterocycles. The molecular weight excluding hydrogens is 203 g/mol. The largest absolute Gasteiger partial charge is 0.330 e. The summed E-state index contributed by atoms with van der Waals surface area (Å²) in [5, 5.41) is 0. The molecule has 0 spiro atoms. The Balaban J connectivity index is 3.98. The van der Waals surface area contributed by atoms with Gasteiger partial charge in [0.25, 0.3) is 10.1 Å². The molecule has 0 aliphatic carbocycles. The SMILES string of the molecule is CCO[PH](=O)CS(=O)(=O)OCC. The first-order valence-electron chi connectivity index (χ1n) is 3.54. The summed E-state index contributed by atoms with van der Waals surface area (Å²) in [7, 11) is -6.13. The van der Waals surface area contributed by atoms with Gasteiger partial charge in [-0.2, -0.15) is 8.42 Å². The van der Waals surface area contributed by atoms with E-state index in [9.17, 15) is 13.0 Å². The van der Waals surface area contributed by atoms with Crippen molar-refractivity contribution in [2.75, 3.05) is 18.7 Å². The zero-order chi connectivity index (χ0) is 9.61. The maximum absolute atomic E-state index is 10.8. The average molecular weight is 216 g/mol. The van der Waals surface area contributed by atoms with Crippen LogP contribution in [0.15, 0.2) is 0 Å². The Hall–Kier alpha value is 0.100. The zero-order valence-electron chi connectivity index (χ0n) is 7.07. The van der Waals surface area contributed by atoms with Crippen LogP contribution in [0.1, 0.15) is 13.8 Å². The van der Waals surface area contributed by atoms with Crippen LogP contribution in [0.2, 0.25) is 0 Å². The molecule has 0 saturated carbocycles. The molecule has 12 heavy (non-hydrogen) atoms. The summed E-state index contributed by atoms with van der Waals surface area (Å²) in [4.78, 5) is 0. The van der Waals surface area contributed by atoms with E-state index in [1.807, 2.05) is 0 Å². The minimum atomic E-state index is -3.65. The van der Waals surface area contributed by atoms with E-state index >= 15 is 0 Å². The molecule has 0 aromatic rings. The first-order valence-corrected chi connectivity index (χ1v) is 6.64. The summed E-state index contributed by atoms with van der Waals surface area (Å²) >= 11 is 0. The van der Waals surface area contributed by atoms with Gasteiger partial charge in [0.2, 0.25) is 8.03 Å². The number of hydrogen-bond acceptors (Lipinski definition) is 5. The third kappa shape index (κ3) is 5.71. The van der Waals surface area contributed by atoms with Crippen molar-refractivity contribution in [2.24, 2.45) is 0 Å². The van der Waals surface area contributed by atoms with Crippen molar-refractivity contribution >= 4 is 18.1 Å². The molecule has 0 bridgehead atoms. The summed E-state index contributed by atoms with van der Waals surface area (Å²) in [6.07, 6.45) is 0. The van der Waals surface area contributed by atoms with E-state index in [0.717, 1.165) is 0 Å². The molecule has 7 heteroatoms. The molecule has 0 radical (unpaired) electrons. The molecule has 0 fully saturated rings. The fourth-order valence-electron chi connectivity index (χ4n) is 0.568. The van der Waals surface area contributed by atoms with Crippen molar-refractivity contribution in [1.82, 2.24) is 0 Å². The van der Waals surface area contributed by atoms with Gasteiger partial charge in [0.05, 0.1) is 13.2 Å². The summed E-state index contributed by atoms with van der Waals surface area (Å²) < 4.78 is 41.5. The molecule has 1 unspecified atom stereocenters. The van der Waals surface area contributed by atoms with Crippen molar-refractivity contribution in [3.63, 3.8) is 0 Å². The van der Waals surface area contributed by atoms with Crippen molar-refractivity contribution in [2.45, 2.75) is 13.8 Å². The highest BCUT2D eigenvalue weighted by Crippen LogP contribution is 2.24. The molecule has 0 aliphatic rings. The van der Waals surface area contributed by atoms with Crippen LogP contribution in [0.4, 0.5) is 0 Å². The van der Waals surface area contributed by atoms with Crippen LogP contribution in [0.3, 0.4) is 0 Å². The predicted octanol–water partition coefficient (Wildman–Crippen LogP) is 0.821. The molecule has 0 aromatic heterocycles. The highest BCUT2D eigenvalue weighted by atomic mass is 32.2. The summed E-state index contributed by atoms with van der Waals surface area (Å²) in [6, 6.07) is 0. The van der Waals surface area contributed by atoms with Gasteiger partial charge in [-0.25, -0.2) is 0 Å². The van der Waals surface area contributed by atoms with Gasteiger partial charge in [0, 0.05) is 0 Å². The van der Waals surface area contributed by atoms with Crippen LogP contribution in [0.5, 0.6) is 0 Å². The van der Waals surface area contributed by atoms with Crippen molar-refractivity contribution in [3.8, 4) is 0 Å². The molecular formula is C5H13O5PS. The Bertz CT molecular complexity index is 234. The molecule has 1 atom stereocenters. The second-order valence-electron chi connectivity index (χ2n) is 1.91. The lowest BCUT2D eigenvalue weighted by atomic mass is 10.9. The summed E-state index contributed by atoms with van der Waals surface area (Å²) in [6.45, 7) is 3.51. The fraction of sp³-hybridized carbons (Fsp3) is 1.00. The third-order valence-electron chi connectivity index (χ3n) is 0.897. The minimum Gasteiger partial charge on any atom is -0.330 e. The molecule has 0 amide bonds. The standard InChI is InChI=1S/C5H13O5PS/c1-3-9-11(6)5-12(7,8)10-4-2/h11H,3-5H2,1-2H3. The Morgan fingerprint density at radius 2 is 1.83 bits per heavy atom. The lowest BCUT2D eigenvalue weighted by Crippen LogP contribution is -2.08. The van der Waals surface area contributed by atoms with Crippen LogP contribution in [0.25, 0.3) is 0 Å². The maximum Gasteiger partial charge on any atom is 0.276 e. The minimum absolute atomic E-state index is 0.0591. The Labute approximate surface area is 73.1 Å². The van der Waals surface area contributed by atoms with E-state index in [1.54, 1.807) is 13.8 Å². The molecule has 5 nitrogen and oxygen atoms in total. The van der Waals surface area contributed by atoms with Crippen molar-refractivity contribution in [1.29, 1.82) is 0 Å². The second kappa shape index (κ2) is 5.70. The Morgan fingerprint density at radius 1 is 1.25 bits per heavy atom. The van der Waals surface area contributed by atoms with E-state index in [4.69, 9.17) is 0 Å². The van der Waals surface area contributed by atoms with Crippen LogP contribution in [-0.4, -0.2) is 27.1 Å². The monoisotopic (exact) mass is 216 g/mol. The lowest BCUT2D eigenvalue weighted by Gasteiger charge is -2.02. The second-order valence-corrected chi connectivity index (χ2v) is 5.45. The first-order chi connectivity index (χ1) is 5.52. The molecule has 74 valence electrons. The lowest BCUT2D eigenvalue weighted by molar-refractivity contribution is 0.334. The highest BCUT2D eigenvalue weighted by Gasteiger charge is 2.14. The maximum atomic E-state index is 10.8. The first kappa shape index (κ1) is 12.1. The van der Waals surface area contributed by atoms with Gasteiger partial charge >= 0.3 is 0 Å². The van der Waals surface area contributed by atoms with Gasteiger partial charge in [-0.1, -0.05) is 0 Å². The fourth-order valence-corrected chi connectivity index (χ4v) is 3.07. The van der Waals surface area contributed by atoms with Crippen LogP contribution in [0, 0.1) is 0 Å². The highest BCUT2D eigenvalue weighted by molar-refractivity contribution is 7.92. The van der Waals surface area contributed by atoms with Gasteiger partial charge in [0.15, 0.2) is 0 Å². The van der Waals surface area contributed by atoms with E-state index in [2.05, 4.69) is 8.71 Å². The molecule has 0 aliphatic heterocycles. The van der Waals surface area contributed by atoms with Gasteiger partial charge in [-0.15, -0.1) is 0 Å². The molecule has 0 aromatic carbocycles. The molecule has 0 rings (SSSR count). The van der Waals surface area contributed by atoms with E-state index in [1.165, 1.54) is 0 Å². The van der Waals surface area contributed by atoms with Crippen LogP contribution >= 0.6 is 8.03 Å². The van der Waals surface area contributed by atoms with Gasteiger partial charge in [-0.3, -0.25) is 8.75 Å². The van der Waals surface area contributed by atoms with Gasteiger partial charge in [0.1, 0.15) is 5.49 Å². The number of rotatable bonds is 6. The van der Waals surface area contributed by atoms with Gasteiger partial charge < -0.3 is 4.52 Å².